The number of amides is 1. The monoisotopic (exact) mass is 481 g/mol. The fourth-order valence-electron chi connectivity index (χ4n) is 3.37. The van der Waals surface area contributed by atoms with Crippen LogP contribution in [0.4, 0.5) is 8.78 Å². The topological polar surface area (TPSA) is 116 Å². The molecule has 13 heteroatoms. The molecule has 0 aliphatic carbocycles. The molecule has 172 valence electrons. The molecular formula is C21H17F2N9OS. The minimum atomic E-state index is -2.82. The highest BCUT2D eigenvalue weighted by molar-refractivity contribution is 7.14. The van der Waals surface area contributed by atoms with Crippen molar-refractivity contribution in [3.05, 3.63) is 70.5 Å². The lowest BCUT2D eigenvalue weighted by molar-refractivity contribution is 0.0950. The molecule has 0 aliphatic rings. The van der Waals surface area contributed by atoms with E-state index in [4.69, 9.17) is 0 Å². The van der Waals surface area contributed by atoms with Gasteiger partial charge in [0.15, 0.2) is 10.7 Å². The summed E-state index contributed by atoms with van der Waals surface area (Å²) in [5.74, 6) is -0.407. The molecule has 0 atom stereocenters. The molecule has 0 saturated heterocycles. The SMILES string of the molecule is Cc1ccc(CNC(=O)c2cc(-n3nncc3C(F)F)c3ncc(-c4nnc(C)s4)n3c2)cn1. The fourth-order valence-corrected chi connectivity index (χ4v) is 4.07. The zero-order chi connectivity index (χ0) is 23.8. The lowest BCUT2D eigenvalue weighted by Gasteiger charge is -2.11. The molecule has 5 rings (SSSR count). The summed E-state index contributed by atoms with van der Waals surface area (Å²) in [5.41, 5.74) is 2.56. The van der Waals surface area contributed by atoms with E-state index in [1.165, 1.54) is 17.4 Å². The smallest absolute Gasteiger partial charge is 0.282 e. The van der Waals surface area contributed by atoms with Gasteiger partial charge in [-0.3, -0.25) is 14.2 Å². The minimum absolute atomic E-state index is 0.185. The Morgan fingerprint density at radius 2 is 2.00 bits per heavy atom. The number of imidazole rings is 1. The second-order valence-electron chi connectivity index (χ2n) is 7.44. The number of rotatable bonds is 6. The molecule has 0 aliphatic heterocycles. The van der Waals surface area contributed by atoms with Crippen LogP contribution in [0.5, 0.6) is 0 Å². The third-order valence-electron chi connectivity index (χ3n) is 5.05. The molecule has 0 spiro atoms. The normalized spacial score (nSPS) is 11.4. The number of hydrogen-bond acceptors (Lipinski definition) is 8. The van der Waals surface area contributed by atoms with Crippen LogP contribution in [-0.4, -0.2) is 45.5 Å². The van der Waals surface area contributed by atoms with Crippen molar-refractivity contribution in [2.45, 2.75) is 26.8 Å². The number of halogens is 2. The maximum Gasteiger partial charge on any atom is 0.282 e. The summed E-state index contributed by atoms with van der Waals surface area (Å²) < 4.78 is 29.8. The van der Waals surface area contributed by atoms with E-state index in [2.05, 4.69) is 35.8 Å². The number of aryl methyl sites for hydroxylation is 2. The number of aromatic nitrogens is 8. The molecular weight excluding hydrogens is 464 g/mol. The van der Waals surface area contributed by atoms with Crippen molar-refractivity contribution in [3.8, 4) is 16.4 Å². The molecule has 5 aromatic rings. The predicted molar refractivity (Wildman–Crippen MR) is 119 cm³/mol. The van der Waals surface area contributed by atoms with Crippen molar-refractivity contribution < 1.29 is 13.6 Å². The van der Waals surface area contributed by atoms with E-state index in [9.17, 15) is 13.6 Å². The van der Waals surface area contributed by atoms with Gasteiger partial charge in [0.2, 0.25) is 0 Å². The lowest BCUT2D eigenvalue weighted by atomic mass is 10.2. The van der Waals surface area contributed by atoms with Crippen molar-refractivity contribution in [3.63, 3.8) is 0 Å². The van der Waals surface area contributed by atoms with Gasteiger partial charge in [0.1, 0.15) is 22.1 Å². The highest BCUT2D eigenvalue weighted by atomic mass is 32.1. The standard InChI is InChI=1S/C21H17F2N9OS/c1-11-3-4-13(6-24-11)7-26-20(33)14-5-15(32-16(18(22)23)9-27-30-32)19-25-8-17(31(19)10-14)21-29-28-12(2)34-21/h3-6,8-10,18H,7H2,1-2H3,(H,26,33). The van der Waals surface area contributed by atoms with Gasteiger partial charge in [-0.05, 0) is 31.5 Å². The first-order valence-corrected chi connectivity index (χ1v) is 10.9. The van der Waals surface area contributed by atoms with E-state index < -0.39 is 18.0 Å². The number of nitrogens with zero attached hydrogens (tertiary/aromatic N) is 8. The molecule has 10 nitrogen and oxygen atoms in total. The Balaban J connectivity index is 1.60. The van der Waals surface area contributed by atoms with Crippen molar-refractivity contribution in [1.82, 2.24) is 44.9 Å². The van der Waals surface area contributed by atoms with Gasteiger partial charge < -0.3 is 5.32 Å². The molecule has 0 bridgehead atoms. The Morgan fingerprint density at radius 1 is 1.15 bits per heavy atom. The second kappa shape index (κ2) is 8.67. The summed E-state index contributed by atoms with van der Waals surface area (Å²) in [7, 11) is 0. The Labute approximate surface area is 195 Å². The predicted octanol–water partition coefficient (Wildman–Crippen LogP) is 3.31. The highest BCUT2D eigenvalue weighted by Crippen LogP contribution is 2.29. The van der Waals surface area contributed by atoms with Crippen molar-refractivity contribution in [1.29, 1.82) is 0 Å². The van der Waals surface area contributed by atoms with Crippen LogP contribution in [-0.2, 0) is 6.54 Å². The zero-order valence-corrected chi connectivity index (χ0v) is 18.8. The Kier molecular flexibility index (Phi) is 5.53. The summed E-state index contributed by atoms with van der Waals surface area (Å²) >= 11 is 1.35. The van der Waals surface area contributed by atoms with Gasteiger partial charge in [-0.2, -0.15) is 0 Å². The quantitative estimate of drug-likeness (QED) is 0.396. The molecule has 0 aromatic carbocycles. The largest absolute Gasteiger partial charge is 0.348 e. The van der Waals surface area contributed by atoms with Crippen LogP contribution in [0.25, 0.3) is 22.0 Å². The summed E-state index contributed by atoms with van der Waals surface area (Å²) in [6, 6.07) is 5.18. The van der Waals surface area contributed by atoms with Crippen molar-refractivity contribution in [2.24, 2.45) is 0 Å². The van der Waals surface area contributed by atoms with Gasteiger partial charge in [0, 0.05) is 24.6 Å². The van der Waals surface area contributed by atoms with Gasteiger partial charge in [-0.25, -0.2) is 18.4 Å². The molecule has 0 radical (unpaired) electrons. The number of fused-ring (bicyclic) bond motifs is 1. The number of hydrogen-bond donors (Lipinski definition) is 1. The van der Waals surface area contributed by atoms with E-state index in [-0.39, 0.29) is 17.8 Å². The molecule has 1 amide bonds. The summed E-state index contributed by atoms with van der Waals surface area (Å²) in [5, 5.41) is 19.8. The van der Waals surface area contributed by atoms with Crippen LogP contribution in [0.3, 0.4) is 0 Å². The fraction of sp³-hybridized carbons (Fsp3) is 0.190. The molecule has 1 N–H and O–H groups in total. The van der Waals surface area contributed by atoms with Crippen molar-refractivity contribution in [2.75, 3.05) is 0 Å². The van der Waals surface area contributed by atoms with Crippen LogP contribution in [0.15, 0.2) is 43.0 Å². The van der Waals surface area contributed by atoms with E-state index in [1.54, 1.807) is 23.0 Å². The lowest BCUT2D eigenvalue weighted by Crippen LogP contribution is -2.23. The number of pyridine rings is 2. The average molecular weight is 481 g/mol. The molecule has 0 unspecified atom stereocenters. The zero-order valence-electron chi connectivity index (χ0n) is 18.0. The van der Waals surface area contributed by atoms with Crippen LogP contribution in [0, 0.1) is 13.8 Å². The van der Waals surface area contributed by atoms with Gasteiger partial charge in [-0.1, -0.05) is 22.6 Å². The van der Waals surface area contributed by atoms with Gasteiger partial charge in [-0.15, -0.1) is 15.3 Å². The minimum Gasteiger partial charge on any atom is -0.348 e. The molecule has 0 saturated carbocycles. The van der Waals surface area contributed by atoms with Crippen LogP contribution >= 0.6 is 11.3 Å². The third-order valence-corrected chi connectivity index (χ3v) is 5.91. The summed E-state index contributed by atoms with van der Waals surface area (Å²) in [6.45, 7) is 3.94. The first-order chi connectivity index (χ1) is 16.4. The summed E-state index contributed by atoms with van der Waals surface area (Å²) in [6.07, 6.45) is 2.98. The van der Waals surface area contributed by atoms with Gasteiger partial charge in [0.05, 0.1) is 18.0 Å². The van der Waals surface area contributed by atoms with Gasteiger partial charge in [0.25, 0.3) is 12.3 Å². The van der Waals surface area contributed by atoms with E-state index in [0.29, 0.717) is 16.3 Å². The number of carbonyl (C=O) groups is 1. The summed E-state index contributed by atoms with van der Waals surface area (Å²) in [4.78, 5) is 21.7. The number of carbonyl (C=O) groups excluding carboxylic acids is 1. The van der Waals surface area contributed by atoms with E-state index in [0.717, 1.165) is 27.1 Å². The van der Waals surface area contributed by atoms with E-state index >= 15 is 0 Å². The van der Waals surface area contributed by atoms with Crippen LogP contribution < -0.4 is 5.32 Å². The number of alkyl halides is 2. The molecule has 0 fully saturated rings. The van der Waals surface area contributed by atoms with Crippen LogP contribution in [0.1, 0.15) is 38.7 Å². The average Bonchev–Trinajstić information content (AvgIpc) is 3.57. The Hall–Kier alpha value is -4.13. The van der Waals surface area contributed by atoms with Crippen LogP contribution in [0.2, 0.25) is 0 Å². The maximum atomic E-state index is 13.6. The van der Waals surface area contributed by atoms with E-state index in [1.807, 2.05) is 26.0 Å². The first-order valence-electron chi connectivity index (χ1n) is 10.1. The molecule has 5 heterocycles. The molecule has 34 heavy (non-hydrogen) atoms. The highest BCUT2D eigenvalue weighted by Gasteiger charge is 2.22. The molecule has 5 aromatic heterocycles. The Bertz CT molecular complexity index is 1490. The first kappa shape index (κ1) is 21.7. The van der Waals surface area contributed by atoms with Crippen molar-refractivity contribution >= 4 is 22.9 Å². The Morgan fingerprint density at radius 3 is 2.71 bits per heavy atom. The maximum absolute atomic E-state index is 13.6. The second-order valence-corrected chi connectivity index (χ2v) is 8.62. The third kappa shape index (κ3) is 4.01. The van der Waals surface area contributed by atoms with Gasteiger partial charge >= 0.3 is 0 Å². The number of nitrogens with one attached hydrogen (secondary N) is 1.